The van der Waals surface area contributed by atoms with Crippen molar-refractivity contribution in [3.8, 4) is 5.75 Å². The monoisotopic (exact) mass is 370 g/mol. The lowest BCUT2D eigenvalue weighted by Gasteiger charge is -2.14. The third-order valence-electron chi connectivity index (χ3n) is 3.30. The lowest BCUT2D eigenvalue weighted by Crippen LogP contribution is -3.08. The summed E-state index contributed by atoms with van der Waals surface area (Å²) in [4.78, 5) is 24.2. The van der Waals surface area contributed by atoms with Gasteiger partial charge in [0.15, 0.2) is 6.54 Å². The Hall–Kier alpha value is -2.52. The van der Waals surface area contributed by atoms with Crippen molar-refractivity contribution in [3.63, 3.8) is 0 Å². The summed E-state index contributed by atoms with van der Waals surface area (Å²) >= 11 is 1.23. The summed E-state index contributed by atoms with van der Waals surface area (Å²) in [7, 11) is 1.83. The molecule has 25 heavy (non-hydrogen) atoms. The number of ether oxygens (including phenoxy) is 1. The van der Waals surface area contributed by atoms with Gasteiger partial charge in [-0.05, 0) is 35.7 Å². The quantitative estimate of drug-likeness (QED) is 0.651. The van der Waals surface area contributed by atoms with E-state index in [4.69, 9.17) is 5.73 Å². The number of benzene rings is 1. The van der Waals surface area contributed by atoms with Crippen LogP contribution in [0.3, 0.4) is 0 Å². The van der Waals surface area contributed by atoms with Crippen LogP contribution < -0.4 is 20.7 Å². The van der Waals surface area contributed by atoms with Gasteiger partial charge in [0.25, 0.3) is 11.8 Å². The van der Waals surface area contributed by atoms with E-state index in [0.717, 1.165) is 10.5 Å². The zero-order valence-electron chi connectivity index (χ0n) is 13.4. The van der Waals surface area contributed by atoms with E-state index in [1.54, 1.807) is 23.6 Å². The van der Waals surface area contributed by atoms with Gasteiger partial charge in [-0.1, -0.05) is 0 Å². The highest BCUT2D eigenvalue weighted by Crippen LogP contribution is 2.22. The molecule has 0 radical (unpaired) electrons. The predicted molar refractivity (Wildman–Crippen MR) is 90.0 cm³/mol. The molecule has 9 heteroatoms. The van der Waals surface area contributed by atoms with Crippen LogP contribution in [0.1, 0.15) is 15.9 Å². The average Bonchev–Trinajstić information content (AvgIpc) is 2.96. The second-order valence-corrected chi connectivity index (χ2v) is 6.33. The lowest BCUT2D eigenvalue weighted by atomic mass is 10.2. The second kappa shape index (κ2) is 8.54. The molecule has 134 valence electrons. The Kier molecular flexibility index (Phi) is 6.43. The Bertz CT molecular complexity index is 734. The minimum Gasteiger partial charge on any atom is -0.435 e. The first-order chi connectivity index (χ1) is 11.8. The molecule has 2 rings (SSSR count). The molecule has 0 fully saturated rings. The molecule has 1 atom stereocenters. The average molecular weight is 370 g/mol. The molecule has 1 aromatic heterocycles. The molecule has 1 unspecified atom stereocenters. The fraction of sp³-hybridized carbons (Fsp3) is 0.250. The van der Waals surface area contributed by atoms with Crippen LogP contribution in [-0.4, -0.2) is 32.0 Å². The van der Waals surface area contributed by atoms with Crippen molar-refractivity contribution in [1.29, 1.82) is 0 Å². The van der Waals surface area contributed by atoms with Crippen LogP contribution in [0.5, 0.6) is 5.75 Å². The molecule has 6 nitrogen and oxygen atoms in total. The van der Waals surface area contributed by atoms with Gasteiger partial charge in [-0.3, -0.25) is 9.59 Å². The minimum absolute atomic E-state index is 0.0887. The van der Waals surface area contributed by atoms with Gasteiger partial charge >= 0.3 is 6.61 Å². The first kappa shape index (κ1) is 18.8. The van der Waals surface area contributed by atoms with Gasteiger partial charge in [0.1, 0.15) is 17.3 Å². The number of carbonyl (C=O) groups is 2. The van der Waals surface area contributed by atoms with Crippen LogP contribution in [0.25, 0.3) is 0 Å². The number of alkyl halides is 2. The molecule has 2 aromatic rings. The van der Waals surface area contributed by atoms with E-state index in [9.17, 15) is 18.4 Å². The Morgan fingerprint density at radius 3 is 2.56 bits per heavy atom. The highest BCUT2D eigenvalue weighted by Gasteiger charge is 2.15. The zero-order valence-corrected chi connectivity index (χ0v) is 14.2. The highest BCUT2D eigenvalue weighted by molar-refractivity contribution is 7.14. The number of rotatable bonds is 8. The first-order valence-electron chi connectivity index (χ1n) is 7.37. The van der Waals surface area contributed by atoms with Crippen molar-refractivity contribution >= 4 is 28.2 Å². The Morgan fingerprint density at radius 1 is 1.28 bits per heavy atom. The van der Waals surface area contributed by atoms with Crippen molar-refractivity contribution in [2.75, 3.05) is 18.9 Å². The maximum atomic E-state index is 12.1. The number of likely N-dealkylation sites (N-methyl/N-ethyl adjacent to an activating group) is 1. The summed E-state index contributed by atoms with van der Waals surface area (Å²) in [5, 5.41) is 4.78. The second-order valence-electron chi connectivity index (χ2n) is 5.41. The Labute approximate surface area is 147 Å². The molecule has 0 aliphatic heterocycles. The summed E-state index contributed by atoms with van der Waals surface area (Å²) in [5.41, 5.74) is 6.39. The number of nitrogens with one attached hydrogen (secondary N) is 2. The number of thiophene rings is 1. The number of primary amides is 1. The number of amides is 2. The van der Waals surface area contributed by atoms with E-state index in [1.807, 2.05) is 7.05 Å². The van der Waals surface area contributed by atoms with E-state index >= 15 is 0 Å². The third-order valence-corrected chi connectivity index (χ3v) is 4.13. The van der Waals surface area contributed by atoms with Crippen LogP contribution in [-0.2, 0) is 11.3 Å². The minimum atomic E-state index is -2.86. The topological polar surface area (TPSA) is 85.9 Å². The van der Waals surface area contributed by atoms with E-state index in [0.29, 0.717) is 11.5 Å². The van der Waals surface area contributed by atoms with E-state index in [2.05, 4.69) is 10.1 Å². The Morgan fingerprint density at radius 2 is 1.96 bits per heavy atom. The number of hydrogen-bond donors (Lipinski definition) is 3. The molecular formula is C16H18F2N3O3S+. The number of nitrogens with two attached hydrogens (primary N) is 1. The molecule has 1 aromatic carbocycles. The normalized spacial score (nSPS) is 12.0. The molecule has 0 aliphatic rings. The van der Waals surface area contributed by atoms with Crippen LogP contribution in [0.2, 0.25) is 0 Å². The van der Waals surface area contributed by atoms with E-state index in [1.165, 1.54) is 23.5 Å². The van der Waals surface area contributed by atoms with Crippen molar-refractivity contribution in [2.45, 2.75) is 13.2 Å². The summed E-state index contributed by atoms with van der Waals surface area (Å²) in [6, 6.07) is 7.81. The summed E-state index contributed by atoms with van der Waals surface area (Å²) < 4.78 is 28.5. The number of hydrogen-bond acceptors (Lipinski definition) is 4. The molecule has 0 saturated heterocycles. The van der Waals surface area contributed by atoms with Gasteiger partial charge in [-0.25, -0.2) is 0 Å². The SMILES string of the molecule is C[NH+](CC(=O)Nc1sccc1C(N)=O)Cc1ccc(OC(F)F)cc1. The molecule has 0 aliphatic carbocycles. The summed E-state index contributed by atoms with van der Waals surface area (Å²) in [5.74, 6) is -0.755. The van der Waals surface area contributed by atoms with E-state index < -0.39 is 12.5 Å². The van der Waals surface area contributed by atoms with Crippen molar-refractivity contribution in [2.24, 2.45) is 5.73 Å². The molecule has 0 spiro atoms. The predicted octanol–water partition coefficient (Wildman–Crippen LogP) is 1.10. The number of halogens is 2. The lowest BCUT2D eigenvalue weighted by molar-refractivity contribution is -0.885. The van der Waals surface area contributed by atoms with Gasteiger partial charge in [-0.15, -0.1) is 11.3 Å². The molecular weight excluding hydrogens is 352 g/mol. The number of quaternary nitrogens is 1. The maximum Gasteiger partial charge on any atom is 0.387 e. The summed E-state index contributed by atoms with van der Waals surface area (Å²) in [6.07, 6.45) is 0. The van der Waals surface area contributed by atoms with Gasteiger partial charge in [-0.2, -0.15) is 8.78 Å². The van der Waals surface area contributed by atoms with Crippen LogP contribution in [0.15, 0.2) is 35.7 Å². The fourth-order valence-electron chi connectivity index (χ4n) is 2.24. The third kappa shape index (κ3) is 5.80. The van der Waals surface area contributed by atoms with Crippen molar-refractivity contribution < 1.29 is 28.0 Å². The largest absolute Gasteiger partial charge is 0.435 e. The highest BCUT2D eigenvalue weighted by atomic mass is 32.1. The van der Waals surface area contributed by atoms with Crippen LogP contribution in [0.4, 0.5) is 13.8 Å². The van der Waals surface area contributed by atoms with Gasteiger partial charge in [0, 0.05) is 5.56 Å². The van der Waals surface area contributed by atoms with Crippen LogP contribution in [0, 0.1) is 0 Å². The van der Waals surface area contributed by atoms with Gasteiger partial charge < -0.3 is 20.7 Å². The van der Waals surface area contributed by atoms with Crippen molar-refractivity contribution in [3.05, 3.63) is 46.8 Å². The zero-order chi connectivity index (χ0) is 18.4. The van der Waals surface area contributed by atoms with Crippen molar-refractivity contribution in [1.82, 2.24) is 0 Å². The fourth-order valence-corrected chi connectivity index (χ4v) is 3.05. The molecule has 4 N–H and O–H groups in total. The standard InChI is InChI=1S/C16H17F2N3O3S/c1-21(8-10-2-4-11(5-3-10)24-16(17)18)9-13(22)20-15-12(14(19)23)6-7-25-15/h2-7,16H,8-9H2,1H3,(H2,19,23)(H,20,22)/p+1. The Balaban J connectivity index is 1.86. The van der Waals surface area contributed by atoms with Gasteiger partial charge in [0.2, 0.25) is 0 Å². The smallest absolute Gasteiger partial charge is 0.387 e. The molecule has 1 heterocycles. The number of anilines is 1. The van der Waals surface area contributed by atoms with Gasteiger partial charge in [0.05, 0.1) is 12.6 Å². The molecule has 0 bridgehead atoms. The molecule has 0 saturated carbocycles. The summed E-state index contributed by atoms with van der Waals surface area (Å²) in [6.45, 7) is -2.16. The number of carbonyl (C=O) groups excluding carboxylic acids is 2. The van der Waals surface area contributed by atoms with Crippen LogP contribution >= 0.6 is 11.3 Å². The maximum absolute atomic E-state index is 12.1. The molecule has 2 amide bonds. The van der Waals surface area contributed by atoms with E-state index in [-0.39, 0.29) is 23.8 Å². The first-order valence-corrected chi connectivity index (χ1v) is 8.25.